The van der Waals surface area contributed by atoms with Crippen LogP contribution >= 0.6 is 0 Å². The van der Waals surface area contributed by atoms with Gasteiger partial charge in [0.15, 0.2) is 0 Å². The molecule has 0 bridgehead atoms. The van der Waals surface area contributed by atoms with Gasteiger partial charge in [-0.1, -0.05) is 19.9 Å². The molecular formula is C14H17N3O3. The summed E-state index contributed by atoms with van der Waals surface area (Å²) in [6.07, 6.45) is 1.75. The molecule has 0 aliphatic carbocycles. The van der Waals surface area contributed by atoms with Crippen LogP contribution < -0.4 is 5.32 Å². The van der Waals surface area contributed by atoms with Crippen LogP contribution in [-0.4, -0.2) is 27.2 Å². The van der Waals surface area contributed by atoms with E-state index in [4.69, 9.17) is 5.11 Å². The minimum Gasteiger partial charge on any atom is -0.481 e. The molecule has 1 amide bonds. The van der Waals surface area contributed by atoms with Crippen molar-refractivity contribution in [1.29, 1.82) is 0 Å². The number of carbonyl (C=O) groups is 2. The van der Waals surface area contributed by atoms with Crippen molar-refractivity contribution in [3.05, 3.63) is 24.4 Å². The van der Waals surface area contributed by atoms with Crippen LogP contribution in [0.4, 0.5) is 5.69 Å². The summed E-state index contributed by atoms with van der Waals surface area (Å²) in [5, 5.41) is 19.2. The molecule has 106 valence electrons. The highest BCUT2D eigenvalue weighted by atomic mass is 16.4. The van der Waals surface area contributed by atoms with Crippen LogP contribution in [-0.2, 0) is 9.59 Å². The Morgan fingerprint density at radius 2 is 2.10 bits per heavy atom. The number of benzene rings is 1. The third-order valence-electron chi connectivity index (χ3n) is 3.03. The Bertz CT molecular complexity index is 646. The number of hydrogen-bond acceptors (Lipinski definition) is 3. The minimum absolute atomic E-state index is 0.0453. The third kappa shape index (κ3) is 3.34. The molecule has 3 N–H and O–H groups in total. The third-order valence-corrected chi connectivity index (χ3v) is 3.03. The molecule has 0 fully saturated rings. The van der Waals surface area contributed by atoms with Crippen molar-refractivity contribution >= 4 is 28.5 Å². The number of amides is 1. The first-order chi connectivity index (χ1) is 9.37. The molecule has 2 rings (SSSR count). The van der Waals surface area contributed by atoms with E-state index in [1.807, 2.05) is 12.1 Å². The highest BCUT2D eigenvalue weighted by molar-refractivity contribution is 6.01. The molecule has 6 nitrogen and oxygen atoms in total. The summed E-state index contributed by atoms with van der Waals surface area (Å²) in [5.41, 5.74) is 0.931. The van der Waals surface area contributed by atoms with E-state index in [9.17, 15) is 9.59 Å². The van der Waals surface area contributed by atoms with E-state index in [0.29, 0.717) is 5.69 Å². The monoisotopic (exact) mass is 275 g/mol. The molecule has 0 saturated heterocycles. The van der Waals surface area contributed by atoms with Crippen LogP contribution in [0.1, 0.15) is 26.7 Å². The standard InChI is InChI=1S/C14H17N3O3/c1-14(2,7-13(19)20)6-12(18)16-10-4-3-5-11-9(10)8-15-17-11/h3-5,8H,6-7H2,1-2H3,(H,15,17)(H,16,18)(H,19,20). The Labute approximate surface area is 116 Å². The second kappa shape index (κ2) is 5.32. The molecule has 0 atom stereocenters. The van der Waals surface area contributed by atoms with Crippen molar-refractivity contribution in [3.63, 3.8) is 0 Å². The van der Waals surface area contributed by atoms with Gasteiger partial charge in [0.25, 0.3) is 0 Å². The van der Waals surface area contributed by atoms with E-state index in [2.05, 4.69) is 15.5 Å². The fourth-order valence-electron chi connectivity index (χ4n) is 2.18. The molecule has 1 aromatic carbocycles. The maximum atomic E-state index is 12.0. The molecule has 0 unspecified atom stereocenters. The van der Waals surface area contributed by atoms with Gasteiger partial charge >= 0.3 is 5.97 Å². The van der Waals surface area contributed by atoms with Crippen molar-refractivity contribution < 1.29 is 14.7 Å². The molecule has 20 heavy (non-hydrogen) atoms. The molecule has 1 aromatic heterocycles. The first-order valence-electron chi connectivity index (χ1n) is 6.31. The highest BCUT2D eigenvalue weighted by Gasteiger charge is 2.25. The van der Waals surface area contributed by atoms with Gasteiger partial charge in [-0.05, 0) is 17.5 Å². The van der Waals surface area contributed by atoms with E-state index in [0.717, 1.165) is 10.9 Å². The van der Waals surface area contributed by atoms with Crippen LogP contribution in [0.5, 0.6) is 0 Å². The number of aliphatic carboxylic acids is 1. The van der Waals surface area contributed by atoms with E-state index in [1.165, 1.54) is 0 Å². The van der Waals surface area contributed by atoms with Crippen LogP contribution in [0, 0.1) is 5.41 Å². The number of aromatic nitrogens is 2. The van der Waals surface area contributed by atoms with Crippen molar-refractivity contribution in [1.82, 2.24) is 10.2 Å². The van der Waals surface area contributed by atoms with Gasteiger partial charge in [0.1, 0.15) is 0 Å². The summed E-state index contributed by atoms with van der Waals surface area (Å²) in [6, 6.07) is 5.48. The molecule has 6 heteroatoms. The Kier molecular flexibility index (Phi) is 3.74. The maximum absolute atomic E-state index is 12.0. The number of anilines is 1. The van der Waals surface area contributed by atoms with Crippen molar-refractivity contribution in [3.8, 4) is 0 Å². The van der Waals surface area contributed by atoms with Crippen LogP contribution in [0.15, 0.2) is 24.4 Å². The maximum Gasteiger partial charge on any atom is 0.303 e. The van der Waals surface area contributed by atoms with Crippen LogP contribution in [0.25, 0.3) is 10.9 Å². The molecule has 2 aromatic rings. The highest BCUT2D eigenvalue weighted by Crippen LogP contribution is 2.27. The average Bonchev–Trinajstić information content (AvgIpc) is 2.74. The smallest absolute Gasteiger partial charge is 0.303 e. The SMILES string of the molecule is CC(C)(CC(=O)O)CC(=O)Nc1cccc2[nH]ncc12. The molecule has 0 spiro atoms. The van der Waals surface area contributed by atoms with Crippen molar-refractivity contribution in [2.75, 3.05) is 5.32 Å². The lowest BCUT2D eigenvalue weighted by atomic mass is 9.85. The predicted molar refractivity (Wildman–Crippen MR) is 75.4 cm³/mol. The average molecular weight is 275 g/mol. The van der Waals surface area contributed by atoms with Gasteiger partial charge in [0.05, 0.1) is 23.8 Å². The van der Waals surface area contributed by atoms with Crippen LogP contribution in [0.2, 0.25) is 0 Å². The molecule has 0 aliphatic rings. The summed E-state index contributed by atoms with van der Waals surface area (Å²) >= 11 is 0. The Morgan fingerprint density at radius 3 is 2.80 bits per heavy atom. The molecule has 0 aliphatic heterocycles. The number of rotatable bonds is 5. The largest absolute Gasteiger partial charge is 0.481 e. The first-order valence-corrected chi connectivity index (χ1v) is 6.31. The van der Waals surface area contributed by atoms with Crippen molar-refractivity contribution in [2.45, 2.75) is 26.7 Å². The van der Waals surface area contributed by atoms with Gasteiger partial charge in [-0.15, -0.1) is 0 Å². The Morgan fingerprint density at radius 1 is 1.35 bits per heavy atom. The Balaban J connectivity index is 2.08. The quantitative estimate of drug-likeness (QED) is 0.780. The number of nitrogens with one attached hydrogen (secondary N) is 2. The second-order valence-corrected chi connectivity index (χ2v) is 5.60. The Hall–Kier alpha value is -2.37. The number of nitrogens with zero attached hydrogens (tertiary/aromatic N) is 1. The number of carboxylic acids is 1. The summed E-state index contributed by atoms with van der Waals surface area (Å²) < 4.78 is 0. The number of fused-ring (bicyclic) bond motifs is 1. The van der Waals surface area contributed by atoms with E-state index in [1.54, 1.807) is 26.1 Å². The summed E-state index contributed by atoms with van der Waals surface area (Å²) in [5.74, 6) is -1.11. The van der Waals surface area contributed by atoms with Gasteiger partial charge in [-0.2, -0.15) is 5.10 Å². The van der Waals surface area contributed by atoms with Gasteiger partial charge in [0.2, 0.25) is 5.91 Å². The number of carbonyl (C=O) groups excluding carboxylic acids is 1. The van der Waals surface area contributed by atoms with Crippen LogP contribution in [0.3, 0.4) is 0 Å². The number of hydrogen-bond donors (Lipinski definition) is 3. The zero-order chi connectivity index (χ0) is 14.8. The minimum atomic E-state index is -0.903. The normalized spacial score (nSPS) is 11.5. The van der Waals surface area contributed by atoms with Gasteiger partial charge in [0, 0.05) is 11.8 Å². The number of H-pyrrole nitrogens is 1. The lowest BCUT2D eigenvalue weighted by molar-refractivity contribution is -0.139. The van der Waals surface area contributed by atoms with E-state index in [-0.39, 0.29) is 18.7 Å². The summed E-state index contributed by atoms with van der Waals surface area (Å²) in [4.78, 5) is 22.8. The molecule has 1 heterocycles. The summed E-state index contributed by atoms with van der Waals surface area (Å²) in [7, 11) is 0. The molecule has 0 saturated carbocycles. The topological polar surface area (TPSA) is 95.1 Å². The van der Waals surface area contributed by atoms with E-state index >= 15 is 0 Å². The molecule has 0 radical (unpaired) electrons. The van der Waals surface area contributed by atoms with Crippen molar-refractivity contribution in [2.24, 2.45) is 5.41 Å². The lowest BCUT2D eigenvalue weighted by Crippen LogP contribution is -2.24. The zero-order valence-electron chi connectivity index (χ0n) is 11.4. The van der Waals surface area contributed by atoms with Gasteiger partial charge in [-0.3, -0.25) is 14.7 Å². The lowest BCUT2D eigenvalue weighted by Gasteiger charge is -2.21. The zero-order valence-corrected chi connectivity index (χ0v) is 11.4. The predicted octanol–water partition coefficient (Wildman–Crippen LogP) is 2.39. The fraction of sp³-hybridized carbons (Fsp3) is 0.357. The van der Waals surface area contributed by atoms with Gasteiger partial charge < -0.3 is 10.4 Å². The van der Waals surface area contributed by atoms with Gasteiger partial charge in [-0.25, -0.2) is 0 Å². The number of aromatic amines is 1. The summed E-state index contributed by atoms with van der Waals surface area (Å²) in [6.45, 7) is 3.53. The molecular weight excluding hydrogens is 258 g/mol. The first kappa shape index (κ1) is 14.0. The second-order valence-electron chi connectivity index (χ2n) is 5.60. The number of carboxylic acid groups (broad SMARTS) is 1. The van der Waals surface area contributed by atoms with E-state index < -0.39 is 11.4 Å². The fourth-order valence-corrected chi connectivity index (χ4v) is 2.18.